The van der Waals surface area contributed by atoms with Crippen molar-refractivity contribution in [2.75, 3.05) is 13.2 Å². The van der Waals surface area contributed by atoms with Gasteiger partial charge in [0.05, 0.1) is 18.7 Å². The van der Waals surface area contributed by atoms with Crippen molar-refractivity contribution in [1.29, 1.82) is 0 Å². The maximum Gasteiger partial charge on any atom is 0.344 e. The van der Waals surface area contributed by atoms with Gasteiger partial charge in [0.25, 0.3) is 5.91 Å². The zero-order valence-corrected chi connectivity index (χ0v) is 15.5. The van der Waals surface area contributed by atoms with Crippen molar-refractivity contribution in [2.45, 2.75) is 13.5 Å². The number of carbonyl (C=O) groups is 2. The Morgan fingerprint density at radius 2 is 1.88 bits per heavy atom. The fourth-order valence-corrected chi connectivity index (χ4v) is 2.37. The number of benzene rings is 2. The number of carbonyl (C=O) groups excluding carboxylic acids is 2. The fourth-order valence-electron chi connectivity index (χ4n) is 2.10. The first-order valence-corrected chi connectivity index (χ1v) is 8.53. The number of amides is 1. The van der Waals surface area contributed by atoms with Crippen LogP contribution in [-0.2, 0) is 16.1 Å². The molecule has 0 saturated carbocycles. The largest absolute Gasteiger partial charge is 0.508 e. The summed E-state index contributed by atoms with van der Waals surface area (Å²) in [6, 6.07) is 10.4. The molecule has 0 heterocycles. The SMILES string of the molecule is CCOC(=O)COc1ccc(O)cc1C(=O)N(F)Cc1ccc(Br)cc1. The van der Waals surface area contributed by atoms with Gasteiger partial charge in [0, 0.05) is 4.47 Å². The first kappa shape index (κ1) is 19.7. The molecule has 0 bridgehead atoms. The zero-order chi connectivity index (χ0) is 19.1. The minimum Gasteiger partial charge on any atom is -0.508 e. The van der Waals surface area contributed by atoms with E-state index in [-0.39, 0.29) is 35.3 Å². The number of hydrogen-bond acceptors (Lipinski definition) is 5. The van der Waals surface area contributed by atoms with Crippen molar-refractivity contribution in [1.82, 2.24) is 5.12 Å². The van der Waals surface area contributed by atoms with Gasteiger partial charge >= 0.3 is 5.97 Å². The number of esters is 1. The van der Waals surface area contributed by atoms with E-state index in [4.69, 9.17) is 9.47 Å². The van der Waals surface area contributed by atoms with Crippen molar-refractivity contribution < 1.29 is 28.7 Å². The Labute approximate surface area is 158 Å². The van der Waals surface area contributed by atoms with Gasteiger partial charge in [-0.15, -0.1) is 0 Å². The first-order chi connectivity index (χ1) is 12.4. The fraction of sp³-hybridized carbons (Fsp3) is 0.222. The third kappa shape index (κ3) is 5.45. The average Bonchev–Trinajstić information content (AvgIpc) is 2.62. The van der Waals surface area contributed by atoms with E-state index in [1.54, 1.807) is 31.2 Å². The van der Waals surface area contributed by atoms with Gasteiger partial charge in [0.2, 0.25) is 0 Å². The van der Waals surface area contributed by atoms with Crippen LogP contribution < -0.4 is 4.74 Å². The van der Waals surface area contributed by atoms with Gasteiger partial charge in [-0.1, -0.05) is 32.5 Å². The van der Waals surface area contributed by atoms with Gasteiger partial charge < -0.3 is 14.6 Å². The molecule has 2 aromatic carbocycles. The van der Waals surface area contributed by atoms with Gasteiger partial charge in [-0.25, -0.2) is 4.79 Å². The number of ether oxygens (including phenoxy) is 2. The highest BCUT2D eigenvalue weighted by Crippen LogP contribution is 2.26. The molecule has 0 radical (unpaired) electrons. The summed E-state index contributed by atoms with van der Waals surface area (Å²) in [5.74, 6) is -1.87. The molecular formula is C18H17BrFNO5. The lowest BCUT2D eigenvalue weighted by Gasteiger charge is -2.15. The third-order valence-corrected chi connectivity index (χ3v) is 3.83. The topological polar surface area (TPSA) is 76.1 Å². The molecule has 0 aliphatic rings. The van der Waals surface area contributed by atoms with Gasteiger partial charge in [-0.3, -0.25) is 4.79 Å². The predicted molar refractivity (Wildman–Crippen MR) is 95.4 cm³/mol. The molecule has 0 unspecified atom stereocenters. The van der Waals surface area contributed by atoms with Crippen molar-refractivity contribution in [2.24, 2.45) is 0 Å². The Balaban J connectivity index is 2.14. The van der Waals surface area contributed by atoms with E-state index < -0.39 is 18.5 Å². The smallest absolute Gasteiger partial charge is 0.344 e. The van der Waals surface area contributed by atoms with E-state index in [9.17, 15) is 19.2 Å². The minimum absolute atomic E-state index is 0.00916. The molecule has 8 heteroatoms. The van der Waals surface area contributed by atoms with Crippen molar-refractivity contribution in [3.63, 3.8) is 0 Å². The summed E-state index contributed by atoms with van der Waals surface area (Å²) in [5, 5.41) is 9.61. The van der Waals surface area contributed by atoms with Gasteiger partial charge in [-0.05, 0) is 42.8 Å². The van der Waals surface area contributed by atoms with Crippen molar-refractivity contribution in [3.05, 3.63) is 58.1 Å². The standard InChI is InChI=1S/C18H17BrFNO5/c1-2-25-17(23)11-26-16-8-7-14(22)9-15(16)18(24)21(20)10-12-3-5-13(19)6-4-12/h3-9,22H,2,10-11H2,1H3. The van der Waals surface area contributed by atoms with Crippen LogP contribution in [0.5, 0.6) is 11.5 Å². The van der Waals surface area contributed by atoms with Crippen LogP contribution in [0.25, 0.3) is 0 Å². The number of aromatic hydroxyl groups is 1. The van der Waals surface area contributed by atoms with Gasteiger partial charge in [0.1, 0.15) is 11.5 Å². The summed E-state index contributed by atoms with van der Waals surface area (Å²) >= 11 is 3.28. The highest BCUT2D eigenvalue weighted by atomic mass is 79.9. The van der Waals surface area contributed by atoms with E-state index in [1.165, 1.54) is 12.1 Å². The summed E-state index contributed by atoms with van der Waals surface area (Å²) < 4.78 is 25.2. The predicted octanol–water partition coefficient (Wildman–Crippen LogP) is 3.62. The molecule has 0 spiro atoms. The zero-order valence-electron chi connectivity index (χ0n) is 13.9. The molecule has 138 valence electrons. The number of hydrogen-bond donors (Lipinski definition) is 1. The number of phenols is 1. The molecule has 1 amide bonds. The van der Waals surface area contributed by atoms with Gasteiger partial charge in [0.15, 0.2) is 6.61 Å². The summed E-state index contributed by atoms with van der Waals surface area (Å²) in [5.41, 5.74) is 0.382. The molecule has 0 saturated heterocycles. The van der Waals surface area contributed by atoms with Crippen LogP contribution in [0.15, 0.2) is 46.9 Å². The lowest BCUT2D eigenvalue weighted by atomic mass is 10.1. The molecular weight excluding hydrogens is 409 g/mol. The number of phenolic OH excluding ortho intramolecular Hbond substituents is 1. The Hall–Kier alpha value is -2.61. The van der Waals surface area contributed by atoms with Gasteiger partial charge in [-0.2, -0.15) is 5.12 Å². The molecule has 26 heavy (non-hydrogen) atoms. The molecule has 2 rings (SSSR count). The number of halogens is 2. The molecule has 0 aliphatic carbocycles. The Morgan fingerprint density at radius 3 is 2.54 bits per heavy atom. The maximum atomic E-state index is 14.3. The number of rotatable bonds is 7. The lowest BCUT2D eigenvalue weighted by molar-refractivity contribution is -0.145. The summed E-state index contributed by atoms with van der Waals surface area (Å²) in [6.45, 7) is 1.13. The van der Waals surface area contributed by atoms with E-state index in [0.29, 0.717) is 5.56 Å². The molecule has 0 fully saturated rings. The Kier molecular flexibility index (Phi) is 6.97. The molecule has 2 aromatic rings. The second-order valence-electron chi connectivity index (χ2n) is 5.23. The van der Waals surface area contributed by atoms with E-state index in [1.807, 2.05) is 0 Å². The number of nitrogens with zero attached hydrogens (tertiary/aromatic N) is 1. The van der Waals surface area contributed by atoms with Crippen molar-refractivity contribution >= 4 is 27.8 Å². The third-order valence-electron chi connectivity index (χ3n) is 3.30. The molecule has 0 aliphatic heterocycles. The average molecular weight is 426 g/mol. The minimum atomic E-state index is -0.998. The van der Waals surface area contributed by atoms with Crippen LogP contribution in [0.3, 0.4) is 0 Å². The summed E-state index contributed by atoms with van der Waals surface area (Å²) in [6.07, 6.45) is 0. The van der Waals surface area contributed by atoms with E-state index in [2.05, 4.69) is 15.9 Å². The Morgan fingerprint density at radius 1 is 1.19 bits per heavy atom. The summed E-state index contributed by atoms with van der Waals surface area (Å²) in [4.78, 5) is 23.8. The molecule has 0 aromatic heterocycles. The first-order valence-electron chi connectivity index (χ1n) is 7.74. The summed E-state index contributed by atoms with van der Waals surface area (Å²) in [7, 11) is 0. The van der Waals surface area contributed by atoms with Crippen molar-refractivity contribution in [3.8, 4) is 11.5 Å². The monoisotopic (exact) mass is 425 g/mol. The maximum absolute atomic E-state index is 14.3. The van der Waals surface area contributed by atoms with Crippen LogP contribution in [0.4, 0.5) is 4.48 Å². The van der Waals surface area contributed by atoms with Crippen LogP contribution in [0.1, 0.15) is 22.8 Å². The highest BCUT2D eigenvalue weighted by Gasteiger charge is 2.21. The second kappa shape index (κ2) is 9.19. The van der Waals surface area contributed by atoms with Crippen LogP contribution in [-0.4, -0.2) is 35.3 Å². The molecule has 0 atom stereocenters. The molecule has 1 N–H and O–H groups in total. The van der Waals surface area contributed by atoms with E-state index in [0.717, 1.165) is 10.5 Å². The van der Waals surface area contributed by atoms with Crippen LogP contribution >= 0.6 is 15.9 Å². The van der Waals surface area contributed by atoms with Crippen LogP contribution in [0.2, 0.25) is 0 Å². The normalized spacial score (nSPS) is 10.3. The second-order valence-corrected chi connectivity index (χ2v) is 6.14. The quantitative estimate of drug-likeness (QED) is 0.541. The lowest BCUT2D eigenvalue weighted by Crippen LogP contribution is -2.23. The highest BCUT2D eigenvalue weighted by molar-refractivity contribution is 9.10. The molecule has 6 nitrogen and oxygen atoms in total. The van der Waals surface area contributed by atoms with E-state index >= 15 is 0 Å². The van der Waals surface area contributed by atoms with Crippen LogP contribution in [0, 0.1) is 0 Å². The Bertz CT molecular complexity index is 782.